The number of aromatic nitrogens is 3. The molecule has 1 aromatic carbocycles. The van der Waals surface area contributed by atoms with Crippen LogP contribution in [0.15, 0.2) is 42.7 Å². The first kappa shape index (κ1) is 15.5. The van der Waals surface area contributed by atoms with Crippen molar-refractivity contribution in [1.29, 1.82) is 5.26 Å². The number of anilines is 2. The van der Waals surface area contributed by atoms with Gasteiger partial charge in [-0.25, -0.2) is 4.98 Å². The van der Waals surface area contributed by atoms with E-state index in [0.29, 0.717) is 11.7 Å². The van der Waals surface area contributed by atoms with Gasteiger partial charge in [-0.15, -0.1) is 0 Å². The third-order valence-electron chi connectivity index (χ3n) is 4.67. The number of pyridine rings is 1. The van der Waals surface area contributed by atoms with Crippen molar-refractivity contribution in [3.8, 4) is 6.07 Å². The van der Waals surface area contributed by atoms with Crippen LogP contribution in [0.2, 0.25) is 0 Å². The van der Waals surface area contributed by atoms with Crippen molar-refractivity contribution in [2.24, 2.45) is 7.05 Å². The van der Waals surface area contributed by atoms with Crippen LogP contribution in [0.3, 0.4) is 0 Å². The Morgan fingerprint density at radius 1 is 1.32 bits per heavy atom. The van der Waals surface area contributed by atoms with Crippen LogP contribution in [0.4, 0.5) is 11.4 Å². The van der Waals surface area contributed by atoms with E-state index in [1.165, 1.54) is 0 Å². The number of rotatable bonds is 3. The number of hydrogen-bond donors (Lipinski definition) is 1. The number of benzene rings is 1. The standard InChI is InChI=1S/C19H20N6/c1-24-13-16(11-21-24)25-8-4-5-14(12-25)22-19-9-15(10-20)23-18-7-3-2-6-17(18)19/h2-3,6-7,9,11,13-14H,4-5,8,12H2,1H3,(H,22,23). The van der Waals surface area contributed by atoms with Crippen LogP contribution in [-0.4, -0.2) is 33.9 Å². The van der Waals surface area contributed by atoms with Gasteiger partial charge in [0, 0.05) is 43.4 Å². The number of aryl methyl sites for hydroxylation is 1. The van der Waals surface area contributed by atoms with E-state index in [9.17, 15) is 5.26 Å². The zero-order valence-electron chi connectivity index (χ0n) is 14.2. The third-order valence-corrected chi connectivity index (χ3v) is 4.67. The molecule has 3 heterocycles. The fourth-order valence-corrected chi connectivity index (χ4v) is 3.47. The summed E-state index contributed by atoms with van der Waals surface area (Å²) in [6.45, 7) is 1.97. The van der Waals surface area contributed by atoms with Gasteiger partial charge in [0.25, 0.3) is 0 Å². The molecule has 0 spiro atoms. The Hall–Kier alpha value is -3.07. The fraction of sp³-hybridized carbons (Fsp3) is 0.316. The molecule has 1 aliphatic rings. The highest BCUT2D eigenvalue weighted by Crippen LogP contribution is 2.26. The highest BCUT2D eigenvalue weighted by atomic mass is 15.3. The maximum Gasteiger partial charge on any atom is 0.143 e. The molecule has 25 heavy (non-hydrogen) atoms. The monoisotopic (exact) mass is 332 g/mol. The summed E-state index contributed by atoms with van der Waals surface area (Å²) in [7, 11) is 1.94. The topological polar surface area (TPSA) is 69.8 Å². The van der Waals surface area contributed by atoms with Crippen LogP contribution in [-0.2, 0) is 7.05 Å². The summed E-state index contributed by atoms with van der Waals surface area (Å²) in [5, 5.41) is 18.2. The van der Waals surface area contributed by atoms with Crippen LogP contribution in [0, 0.1) is 11.3 Å². The Balaban J connectivity index is 1.59. The van der Waals surface area contributed by atoms with Crippen molar-refractivity contribution in [1.82, 2.24) is 14.8 Å². The molecule has 0 radical (unpaired) electrons. The lowest BCUT2D eigenvalue weighted by molar-refractivity contribution is 0.530. The Labute approximate surface area is 146 Å². The molecule has 0 aliphatic carbocycles. The van der Waals surface area contributed by atoms with E-state index in [4.69, 9.17) is 0 Å². The molecule has 0 bridgehead atoms. The minimum absolute atomic E-state index is 0.325. The van der Waals surface area contributed by atoms with E-state index < -0.39 is 0 Å². The van der Waals surface area contributed by atoms with Gasteiger partial charge in [0.1, 0.15) is 11.8 Å². The van der Waals surface area contributed by atoms with E-state index in [0.717, 1.165) is 48.2 Å². The Kier molecular flexibility index (Phi) is 3.98. The lowest BCUT2D eigenvalue weighted by Gasteiger charge is -2.34. The third kappa shape index (κ3) is 3.13. The van der Waals surface area contributed by atoms with Crippen molar-refractivity contribution < 1.29 is 0 Å². The van der Waals surface area contributed by atoms with Gasteiger partial charge in [0.2, 0.25) is 0 Å². The molecule has 1 aliphatic heterocycles. The Morgan fingerprint density at radius 2 is 2.20 bits per heavy atom. The zero-order chi connectivity index (χ0) is 17.2. The van der Waals surface area contributed by atoms with Crippen LogP contribution in [0.1, 0.15) is 18.5 Å². The van der Waals surface area contributed by atoms with Crippen molar-refractivity contribution in [3.63, 3.8) is 0 Å². The minimum atomic E-state index is 0.325. The number of nitrogens with zero attached hydrogens (tertiary/aromatic N) is 5. The molecule has 1 atom stereocenters. The number of nitrogens with one attached hydrogen (secondary N) is 1. The Morgan fingerprint density at radius 3 is 3.00 bits per heavy atom. The average molecular weight is 332 g/mol. The van der Waals surface area contributed by atoms with Crippen LogP contribution >= 0.6 is 0 Å². The molecule has 6 nitrogen and oxygen atoms in total. The first-order valence-corrected chi connectivity index (χ1v) is 8.53. The summed E-state index contributed by atoms with van der Waals surface area (Å²) >= 11 is 0. The van der Waals surface area contributed by atoms with E-state index in [-0.39, 0.29) is 0 Å². The highest BCUT2D eigenvalue weighted by molar-refractivity contribution is 5.91. The molecule has 3 aromatic rings. The number of hydrogen-bond acceptors (Lipinski definition) is 5. The number of nitriles is 1. The smallest absolute Gasteiger partial charge is 0.143 e. The fourth-order valence-electron chi connectivity index (χ4n) is 3.47. The molecule has 1 N–H and O–H groups in total. The first-order chi connectivity index (χ1) is 12.2. The maximum atomic E-state index is 9.26. The van der Waals surface area contributed by atoms with Crippen LogP contribution in [0.25, 0.3) is 10.9 Å². The summed E-state index contributed by atoms with van der Waals surface area (Å²) in [5.41, 5.74) is 3.44. The molecule has 126 valence electrons. The van der Waals surface area contributed by atoms with Crippen molar-refractivity contribution in [3.05, 3.63) is 48.4 Å². The molecule has 1 fully saturated rings. The van der Waals surface area contributed by atoms with Gasteiger partial charge in [-0.1, -0.05) is 18.2 Å². The molecule has 2 aromatic heterocycles. The highest BCUT2D eigenvalue weighted by Gasteiger charge is 2.21. The lowest BCUT2D eigenvalue weighted by Crippen LogP contribution is -2.42. The summed E-state index contributed by atoms with van der Waals surface area (Å²) in [4.78, 5) is 6.75. The maximum absolute atomic E-state index is 9.26. The first-order valence-electron chi connectivity index (χ1n) is 8.53. The largest absolute Gasteiger partial charge is 0.380 e. The molecule has 1 saturated heterocycles. The van der Waals surface area contributed by atoms with Crippen LogP contribution in [0.5, 0.6) is 0 Å². The lowest BCUT2D eigenvalue weighted by atomic mass is 10.0. The average Bonchev–Trinajstić information content (AvgIpc) is 3.08. The second-order valence-corrected chi connectivity index (χ2v) is 6.49. The zero-order valence-corrected chi connectivity index (χ0v) is 14.2. The predicted octanol–water partition coefficient (Wildman–Crippen LogP) is 2.92. The molecular weight excluding hydrogens is 312 g/mol. The predicted molar refractivity (Wildman–Crippen MR) is 98.5 cm³/mol. The van der Waals surface area contributed by atoms with Gasteiger partial charge in [-0.05, 0) is 25.0 Å². The van der Waals surface area contributed by atoms with Gasteiger partial charge >= 0.3 is 0 Å². The van der Waals surface area contributed by atoms with Gasteiger partial charge in [0.05, 0.1) is 17.4 Å². The summed E-state index contributed by atoms with van der Waals surface area (Å²) in [6.07, 6.45) is 6.20. The van der Waals surface area contributed by atoms with Gasteiger partial charge < -0.3 is 10.2 Å². The van der Waals surface area contributed by atoms with E-state index in [1.807, 2.05) is 48.3 Å². The molecular formula is C19H20N6. The van der Waals surface area contributed by atoms with E-state index in [2.05, 4.69) is 32.6 Å². The Bertz CT molecular complexity index is 938. The van der Waals surface area contributed by atoms with Crippen LogP contribution < -0.4 is 10.2 Å². The second-order valence-electron chi connectivity index (χ2n) is 6.49. The molecule has 6 heteroatoms. The van der Waals surface area contributed by atoms with Crippen molar-refractivity contribution in [2.45, 2.75) is 18.9 Å². The van der Waals surface area contributed by atoms with Gasteiger partial charge in [0.15, 0.2) is 0 Å². The normalized spacial score (nSPS) is 17.4. The van der Waals surface area contributed by atoms with Gasteiger partial charge in [-0.3, -0.25) is 4.68 Å². The summed E-state index contributed by atoms with van der Waals surface area (Å²) in [6, 6.07) is 12.3. The quantitative estimate of drug-likeness (QED) is 0.798. The van der Waals surface area contributed by atoms with Crippen molar-refractivity contribution >= 4 is 22.3 Å². The SMILES string of the molecule is Cn1cc(N2CCCC(Nc3cc(C#N)nc4ccccc34)C2)cn1. The minimum Gasteiger partial charge on any atom is -0.380 e. The molecule has 0 saturated carbocycles. The number of para-hydroxylation sites is 1. The summed E-state index contributed by atoms with van der Waals surface area (Å²) < 4.78 is 1.84. The number of piperidine rings is 1. The summed E-state index contributed by atoms with van der Waals surface area (Å²) in [5.74, 6) is 0. The van der Waals surface area contributed by atoms with E-state index in [1.54, 1.807) is 0 Å². The van der Waals surface area contributed by atoms with Crippen molar-refractivity contribution in [2.75, 3.05) is 23.3 Å². The molecule has 1 unspecified atom stereocenters. The van der Waals surface area contributed by atoms with Gasteiger partial charge in [-0.2, -0.15) is 10.4 Å². The van der Waals surface area contributed by atoms with E-state index >= 15 is 0 Å². The number of fused-ring (bicyclic) bond motifs is 1. The molecule has 0 amide bonds. The molecule has 4 rings (SSSR count). The second kappa shape index (κ2) is 6.44.